The number of amides is 3. The number of ether oxygens (including phenoxy) is 1. The molecule has 0 radical (unpaired) electrons. The van der Waals surface area contributed by atoms with E-state index in [4.69, 9.17) is 25.3 Å². The lowest BCUT2D eigenvalue weighted by Gasteiger charge is -2.30. The van der Waals surface area contributed by atoms with Crippen LogP contribution in [-0.4, -0.2) is 141 Å². The quantitative estimate of drug-likeness (QED) is 0.0377. The number of aromatic nitrogens is 4. The highest BCUT2D eigenvalue weighted by atomic mass is 32.2. The second-order valence-electron chi connectivity index (χ2n) is 13.9. The van der Waals surface area contributed by atoms with Crippen molar-refractivity contribution in [2.75, 3.05) is 44.3 Å². The Bertz CT molecular complexity index is 2200. The van der Waals surface area contributed by atoms with Gasteiger partial charge in [0, 0.05) is 42.8 Å². The molecule has 62 heavy (non-hydrogen) atoms. The van der Waals surface area contributed by atoms with Gasteiger partial charge in [-0.15, -0.1) is 0 Å². The number of anilines is 1. The molecule has 344 valence electrons. The maximum atomic E-state index is 12.7. The minimum atomic E-state index is -5.60. The molecular formula is C31H46N9O18P3S. The lowest BCUT2D eigenvalue weighted by atomic mass is 9.87. The van der Waals surface area contributed by atoms with Crippen molar-refractivity contribution < 1.29 is 85.3 Å². The predicted molar refractivity (Wildman–Crippen MR) is 214 cm³/mol. The Morgan fingerprint density at radius 3 is 2.34 bits per heavy atom. The smallest absolute Gasteiger partial charge is 0.386 e. The molecule has 2 aromatic heterocycles. The van der Waals surface area contributed by atoms with E-state index >= 15 is 0 Å². The second kappa shape index (κ2) is 21.7. The molecular weight excluding hydrogens is 911 g/mol. The third-order valence-corrected chi connectivity index (χ3v) is 12.7. The summed E-state index contributed by atoms with van der Waals surface area (Å²) in [5.74, 6) is -1.82. The standard InChI is InChI=1S/C31H46N9O18P3S/c1-31(2,24(43)28(45)35-9-8-20(41)34-10-11-62-30(46)18(32)12-36-27(44)17-6-4-3-5-7-17)14-55-61(52,53)58-60(50,51)54-13-19-23(57-59(47,48)49)22(42)29(56-19)40-16-39-21-25(33)37-15-38-26(21)40/h3-7,15-16,18-19,22-24,29,42-43H,8-14,32H2,1-2H3,(H,34,41)(H,35,45)(H,36,44)(H,50,51)(H,52,53)(H2,33,37,38)(H2,47,48,49). The van der Waals surface area contributed by atoms with Gasteiger partial charge in [-0.05, 0) is 12.1 Å². The molecule has 1 fully saturated rings. The summed E-state index contributed by atoms with van der Waals surface area (Å²) < 4.78 is 62.2. The summed E-state index contributed by atoms with van der Waals surface area (Å²) in [4.78, 5) is 100. The van der Waals surface area contributed by atoms with Crippen LogP contribution in [0.2, 0.25) is 0 Å². The van der Waals surface area contributed by atoms with Crippen molar-refractivity contribution in [3.05, 3.63) is 48.5 Å². The van der Waals surface area contributed by atoms with Crippen molar-refractivity contribution in [2.45, 2.75) is 57.0 Å². The normalized spacial score (nSPS) is 21.0. The zero-order valence-electron chi connectivity index (χ0n) is 32.7. The largest absolute Gasteiger partial charge is 0.481 e. The number of phosphoric acid groups is 3. The van der Waals surface area contributed by atoms with Crippen LogP contribution in [0, 0.1) is 5.41 Å². The fourth-order valence-corrected chi connectivity index (χ4v) is 8.90. The third kappa shape index (κ3) is 14.9. The summed E-state index contributed by atoms with van der Waals surface area (Å²) in [5.41, 5.74) is 10.5. The van der Waals surface area contributed by atoms with Gasteiger partial charge in [-0.25, -0.2) is 28.6 Å². The van der Waals surface area contributed by atoms with Crippen molar-refractivity contribution in [3.8, 4) is 0 Å². The number of nitrogens with one attached hydrogen (secondary N) is 3. The number of fused-ring (bicyclic) bond motifs is 1. The lowest BCUT2D eigenvalue weighted by molar-refractivity contribution is -0.137. The number of carbonyl (C=O) groups excluding carboxylic acids is 4. The molecule has 31 heteroatoms. The molecule has 1 aromatic carbocycles. The zero-order chi connectivity index (χ0) is 46.0. The Morgan fingerprint density at radius 2 is 1.66 bits per heavy atom. The molecule has 3 aromatic rings. The van der Waals surface area contributed by atoms with Gasteiger partial charge < -0.3 is 61.9 Å². The van der Waals surface area contributed by atoms with Gasteiger partial charge in [-0.1, -0.05) is 43.8 Å². The molecule has 4 rings (SSSR count). The first-order valence-corrected chi connectivity index (χ1v) is 23.5. The van der Waals surface area contributed by atoms with E-state index in [9.17, 15) is 62.7 Å². The van der Waals surface area contributed by atoms with E-state index in [1.165, 1.54) is 13.8 Å². The van der Waals surface area contributed by atoms with Gasteiger partial charge in [0.2, 0.25) is 16.9 Å². The summed E-state index contributed by atoms with van der Waals surface area (Å²) in [5, 5.41) is 28.5. The molecule has 1 aliphatic heterocycles. The topological polar surface area (TPSA) is 419 Å². The van der Waals surface area contributed by atoms with Crippen LogP contribution in [0.25, 0.3) is 11.2 Å². The van der Waals surface area contributed by atoms with Gasteiger partial charge in [-0.2, -0.15) is 4.31 Å². The highest BCUT2D eigenvalue weighted by Crippen LogP contribution is 2.61. The second-order valence-corrected chi connectivity index (χ2v) is 19.3. The molecule has 8 atom stereocenters. The van der Waals surface area contributed by atoms with Crippen LogP contribution in [0.1, 0.15) is 36.9 Å². The third-order valence-electron chi connectivity index (χ3n) is 8.57. The summed E-state index contributed by atoms with van der Waals surface area (Å²) >= 11 is 0.849. The SMILES string of the molecule is CC(C)(COP(=O)(O)OP(=O)(O)OCC1OC(n2cnc3c(N)ncnc32)C(O)C1OP(=O)(O)O)C(O)C(=O)NCCC(=O)NCCSC(=O)C(N)CNC(=O)c1ccccc1. The van der Waals surface area contributed by atoms with E-state index in [0.717, 1.165) is 29.0 Å². The van der Waals surface area contributed by atoms with Crippen molar-refractivity contribution in [2.24, 2.45) is 11.1 Å². The fourth-order valence-electron chi connectivity index (χ4n) is 5.37. The van der Waals surface area contributed by atoms with Gasteiger partial charge in [0.1, 0.15) is 36.3 Å². The maximum absolute atomic E-state index is 12.7. The summed E-state index contributed by atoms with van der Waals surface area (Å²) in [6.45, 7) is 0.103. The molecule has 3 heterocycles. The number of thioether (sulfide) groups is 1. The number of carbonyl (C=O) groups is 4. The van der Waals surface area contributed by atoms with Crippen LogP contribution in [0.4, 0.5) is 5.82 Å². The minimum Gasteiger partial charge on any atom is -0.386 e. The number of phosphoric ester groups is 3. The summed E-state index contributed by atoms with van der Waals surface area (Å²) in [6, 6.07) is 7.36. The molecule has 0 saturated carbocycles. The summed E-state index contributed by atoms with van der Waals surface area (Å²) in [7, 11) is -16.5. The zero-order valence-corrected chi connectivity index (χ0v) is 36.2. The molecule has 13 N–H and O–H groups in total. The molecule has 0 aliphatic carbocycles. The number of nitrogens with zero attached hydrogens (tertiary/aromatic N) is 4. The molecule has 27 nitrogen and oxygen atoms in total. The number of nitrogen functional groups attached to an aromatic ring is 1. The van der Waals surface area contributed by atoms with Crippen molar-refractivity contribution in [1.29, 1.82) is 0 Å². The van der Waals surface area contributed by atoms with Crippen LogP contribution in [0.15, 0.2) is 43.0 Å². The molecule has 3 amide bonds. The molecule has 1 aliphatic rings. The Balaban J connectivity index is 1.18. The van der Waals surface area contributed by atoms with E-state index in [-0.39, 0.29) is 54.7 Å². The molecule has 8 unspecified atom stereocenters. The van der Waals surface area contributed by atoms with E-state index in [2.05, 4.69) is 39.7 Å². The minimum absolute atomic E-state index is 0.0196. The predicted octanol–water partition coefficient (Wildman–Crippen LogP) is -1.58. The van der Waals surface area contributed by atoms with E-state index in [0.29, 0.717) is 5.56 Å². The average molecular weight is 958 g/mol. The number of hydrogen-bond donors (Lipinski definition) is 11. The number of hydrogen-bond acceptors (Lipinski definition) is 20. The molecule has 1 saturated heterocycles. The van der Waals surface area contributed by atoms with Gasteiger partial charge in [-0.3, -0.25) is 37.3 Å². The first-order chi connectivity index (χ1) is 28.9. The first kappa shape index (κ1) is 50.9. The number of aliphatic hydroxyl groups excluding tert-OH is 2. The summed E-state index contributed by atoms with van der Waals surface area (Å²) in [6.07, 6.45) is -7.11. The van der Waals surface area contributed by atoms with Crippen LogP contribution < -0.4 is 27.4 Å². The first-order valence-electron chi connectivity index (χ1n) is 18.0. The van der Waals surface area contributed by atoms with Crippen molar-refractivity contribution in [1.82, 2.24) is 35.5 Å². The van der Waals surface area contributed by atoms with Crippen LogP contribution >= 0.6 is 35.2 Å². The van der Waals surface area contributed by atoms with Gasteiger partial charge >= 0.3 is 23.5 Å². The highest BCUT2D eigenvalue weighted by Gasteiger charge is 2.50. The van der Waals surface area contributed by atoms with Crippen LogP contribution in [-0.2, 0) is 50.7 Å². The highest BCUT2D eigenvalue weighted by molar-refractivity contribution is 8.13. The van der Waals surface area contributed by atoms with Gasteiger partial charge in [0.05, 0.1) is 25.6 Å². The average Bonchev–Trinajstić information content (AvgIpc) is 3.76. The van der Waals surface area contributed by atoms with Crippen molar-refractivity contribution in [3.63, 3.8) is 0 Å². The van der Waals surface area contributed by atoms with E-state index in [1.54, 1.807) is 30.3 Å². The number of benzene rings is 1. The van der Waals surface area contributed by atoms with Gasteiger partial charge in [0.25, 0.3) is 5.91 Å². The van der Waals surface area contributed by atoms with Crippen LogP contribution in [0.3, 0.4) is 0 Å². The lowest BCUT2D eigenvalue weighted by Crippen LogP contribution is -2.46. The number of aliphatic hydroxyl groups is 2. The van der Waals surface area contributed by atoms with E-state index < -0.39 is 95.7 Å². The maximum Gasteiger partial charge on any atom is 0.481 e. The number of imidazole rings is 1. The van der Waals surface area contributed by atoms with E-state index in [1.807, 2.05) is 0 Å². The fraction of sp³-hybridized carbons (Fsp3) is 0.516. The number of rotatable bonds is 23. The Morgan fingerprint density at radius 1 is 0.984 bits per heavy atom. The van der Waals surface area contributed by atoms with Crippen molar-refractivity contribution >= 4 is 75.0 Å². The number of nitrogens with two attached hydrogens (primary N) is 2. The Hall–Kier alpha value is -3.79. The monoisotopic (exact) mass is 957 g/mol. The Labute approximate surface area is 356 Å². The Kier molecular flexibility index (Phi) is 17.8. The van der Waals surface area contributed by atoms with Crippen LogP contribution in [0.5, 0.6) is 0 Å². The van der Waals surface area contributed by atoms with Gasteiger partial charge in [0.15, 0.2) is 17.7 Å². The molecule has 0 spiro atoms. The molecule has 0 bridgehead atoms.